The van der Waals surface area contributed by atoms with Gasteiger partial charge in [-0.15, -0.1) is 11.3 Å². The highest BCUT2D eigenvalue weighted by Crippen LogP contribution is 2.29. The summed E-state index contributed by atoms with van der Waals surface area (Å²) in [6.45, 7) is 5.24. The molecule has 36 heavy (non-hydrogen) atoms. The largest absolute Gasteiger partial charge is 0.390 e. The average Bonchev–Trinajstić information content (AvgIpc) is 3.35. The van der Waals surface area contributed by atoms with Gasteiger partial charge in [-0.05, 0) is 48.6 Å². The molecule has 3 rings (SSSR count). The van der Waals surface area contributed by atoms with E-state index in [0.717, 1.165) is 46.5 Å². The first kappa shape index (κ1) is 28.3. The van der Waals surface area contributed by atoms with E-state index in [0.29, 0.717) is 19.4 Å². The Labute approximate surface area is 222 Å². The van der Waals surface area contributed by atoms with Crippen molar-refractivity contribution in [1.82, 2.24) is 14.6 Å². The van der Waals surface area contributed by atoms with Crippen LogP contribution in [0.1, 0.15) is 57.9 Å². The van der Waals surface area contributed by atoms with Crippen LogP contribution in [-0.4, -0.2) is 51.3 Å². The molecule has 6 nitrogen and oxygen atoms in total. The smallest absolute Gasteiger partial charge is 0.220 e. The molecule has 0 spiro atoms. The molecule has 2 unspecified atom stereocenters. The molecule has 2 aromatic carbocycles. The Bertz CT molecular complexity index is 1090. The number of carbonyl (C=O) groups is 2. The molecular formula is C28H37N3O3S2. The van der Waals surface area contributed by atoms with Crippen molar-refractivity contribution in [3.05, 3.63) is 59.6 Å². The highest BCUT2D eigenvalue weighted by Gasteiger charge is 2.25. The van der Waals surface area contributed by atoms with E-state index in [1.165, 1.54) is 0 Å². The first-order valence-electron chi connectivity index (χ1n) is 12.8. The Morgan fingerprint density at radius 1 is 1.11 bits per heavy atom. The minimum Gasteiger partial charge on any atom is -0.390 e. The zero-order valence-corrected chi connectivity index (χ0v) is 22.8. The van der Waals surface area contributed by atoms with Crippen LogP contribution in [0.2, 0.25) is 0 Å². The van der Waals surface area contributed by atoms with Gasteiger partial charge in [0.15, 0.2) is 0 Å². The van der Waals surface area contributed by atoms with Crippen molar-refractivity contribution < 1.29 is 14.7 Å². The first-order chi connectivity index (χ1) is 17.5. The molecule has 1 amide bonds. The predicted octanol–water partition coefficient (Wildman–Crippen LogP) is 5.64. The highest BCUT2D eigenvalue weighted by atomic mass is 32.2. The van der Waals surface area contributed by atoms with Gasteiger partial charge in [-0.3, -0.25) is 9.59 Å². The summed E-state index contributed by atoms with van der Waals surface area (Å²) in [5.74, 6) is -0.126. The minimum atomic E-state index is -0.766. The second-order valence-corrected chi connectivity index (χ2v) is 11.0. The third-order valence-electron chi connectivity index (χ3n) is 6.07. The number of rotatable bonds is 16. The van der Waals surface area contributed by atoms with Gasteiger partial charge in [-0.2, -0.15) is 0 Å². The van der Waals surface area contributed by atoms with Gasteiger partial charge in [0, 0.05) is 37.2 Å². The number of thiazole rings is 1. The zero-order chi connectivity index (χ0) is 25.8. The van der Waals surface area contributed by atoms with Crippen LogP contribution in [0.3, 0.4) is 0 Å². The Morgan fingerprint density at radius 3 is 2.67 bits per heavy atom. The van der Waals surface area contributed by atoms with Crippen molar-refractivity contribution in [3.8, 4) is 0 Å². The quantitative estimate of drug-likeness (QED) is 0.185. The van der Waals surface area contributed by atoms with Crippen molar-refractivity contribution >= 4 is 45.2 Å². The number of hydrogen-bond acceptors (Lipinski definition) is 7. The fraction of sp³-hybridized carbons (Fsp3) is 0.464. The standard InChI is InChI=1S/C28H37N3O3S2/c1-3-5-9-16-31(36-23-13-14-24-27(18-23)35-20-29-24)19-26(33)25(17-21-10-7-6-8-11-21)30-28(34)15-12-22(32)4-2/h6-8,10-11,13-14,18,20,25-26,33H,3-5,9,12,15-17,19H2,1-2H3,(H,30,34). The maximum Gasteiger partial charge on any atom is 0.220 e. The lowest BCUT2D eigenvalue weighted by atomic mass is 10.0. The number of aliphatic hydroxyl groups excluding tert-OH is 1. The Balaban J connectivity index is 1.71. The fourth-order valence-electron chi connectivity index (χ4n) is 3.95. The molecule has 0 saturated carbocycles. The Morgan fingerprint density at radius 2 is 1.92 bits per heavy atom. The van der Waals surface area contributed by atoms with E-state index in [4.69, 9.17) is 0 Å². The number of Topliss-reactive ketones (excluding diaryl/α,β-unsaturated/α-hetero) is 1. The van der Waals surface area contributed by atoms with Crippen LogP contribution >= 0.6 is 23.3 Å². The predicted molar refractivity (Wildman–Crippen MR) is 149 cm³/mol. The number of unbranched alkanes of at least 4 members (excludes halogenated alkanes) is 2. The molecule has 3 aromatic rings. The van der Waals surface area contributed by atoms with Gasteiger partial charge in [-0.1, -0.05) is 57.0 Å². The van der Waals surface area contributed by atoms with Gasteiger partial charge in [-0.25, -0.2) is 9.29 Å². The number of nitrogens with zero attached hydrogens (tertiary/aromatic N) is 2. The molecule has 194 valence electrons. The number of fused-ring (bicyclic) bond motifs is 1. The summed E-state index contributed by atoms with van der Waals surface area (Å²) in [5, 5.41) is 14.4. The normalized spacial score (nSPS) is 13.1. The van der Waals surface area contributed by atoms with Gasteiger partial charge in [0.05, 0.1) is 27.9 Å². The fourth-order valence-corrected chi connectivity index (χ4v) is 5.79. The topological polar surface area (TPSA) is 82.5 Å². The van der Waals surface area contributed by atoms with E-state index in [2.05, 4.69) is 33.7 Å². The molecule has 1 aromatic heterocycles. The summed E-state index contributed by atoms with van der Waals surface area (Å²) in [5.41, 5.74) is 3.90. The van der Waals surface area contributed by atoms with Crippen molar-refractivity contribution in [2.24, 2.45) is 0 Å². The molecule has 2 atom stereocenters. The average molecular weight is 528 g/mol. The van der Waals surface area contributed by atoms with Gasteiger partial charge in [0.25, 0.3) is 0 Å². The van der Waals surface area contributed by atoms with Crippen LogP contribution in [0.25, 0.3) is 10.2 Å². The van der Waals surface area contributed by atoms with Crippen LogP contribution in [0.15, 0.2) is 58.9 Å². The Kier molecular flexibility index (Phi) is 11.9. The molecule has 8 heteroatoms. The molecule has 0 aliphatic carbocycles. The summed E-state index contributed by atoms with van der Waals surface area (Å²) in [6.07, 6.45) is 3.85. The van der Waals surface area contributed by atoms with Crippen molar-refractivity contribution in [3.63, 3.8) is 0 Å². The molecular weight excluding hydrogens is 490 g/mol. The van der Waals surface area contributed by atoms with E-state index >= 15 is 0 Å². The minimum absolute atomic E-state index is 0.0710. The summed E-state index contributed by atoms with van der Waals surface area (Å²) in [6, 6.07) is 15.7. The van der Waals surface area contributed by atoms with E-state index < -0.39 is 12.1 Å². The summed E-state index contributed by atoms with van der Waals surface area (Å²) < 4.78 is 3.35. The van der Waals surface area contributed by atoms with Gasteiger partial charge >= 0.3 is 0 Å². The molecule has 1 heterocycles. The lowest BCUT2D eigenvalue weighted by Crippen LogP contribution is -2.48. The molecule has 0 aliphatic heterocycles. The number of amides is 1. The summed E-state index contributed by atoms with van der Waals surface area (Å²) >= 11 is 3.26. The number of benzene rings is 2. The van der Waals surface area contributed by atoms with E-state index in [-0.39, 0.29) is 24.5 Å². The number of aromatic nitrogens is 1. The summed E-state index contributed by atoms with van der Waals surface area (Å²) in [4.78, 5) is 29.8. The van der Waals surface area contributed by atoms with Crippen molar-refractivity contribution in [2.75, 3.05) is 13.1 Å². The molecule has 0 saturated heterocycles. The lowest BCUT2D eigenvalue weighted by Gasteiger charge is -2.29. The van der Waals surface area contributed by atoms with E-state index in [1.807, 2.05) is 41.9 Å². The molecule has 0 bridgehead atoms. The highest BCUT2D eigenvalue weighted by molar-refractivity contribution is 7.97. The van der Waals surface area contributed by atoms with Gasteiger partial charge in [0.2, 0.25) is 5.91 Å². The first-order valence-corrected chi connectivity index (χ1v) is 14.4. The van der Waals surface area contributed by atoms with E-state index in [9.17, 15) is 14.7 Å². The summed E-state index contributed by atoms with van der Waals surface area (Å²) in [7, 11) is 0. The molecule has 2 N–H and O–H groups in total. The van der Waals surface area contributed by atoms with Crippen LogP contribution in [0, 0.1) is 0 Å². The third kappa shape index (κ3) is 9.32. The number of carbonyl (C=O) groups excluding carboxylic acids is 2. The zero-order valence-electron chi connectivity index (χ0n) is 21.2. The second kappa shape index (κ2) is 15.1. The van der Waals surface area contributed by atoms with Crippen molar-refractivity contribution in [2.45, 2.75) is 75.8 Å². The number of nitrogens with one attached hydrogen (secondary N) is 1. The monoisotopic (exact) mass is 527 g/mol. The maximum atomic E-state index is 12.7. The van der Waals surface area contributed by atoms with Crippen LogP contribution in [-0.2, 0) is 16.0 Å². The third-order valence-corrected chi connectivity index (χ3v) is 7.92. The lowest BCUT2D eigenvalue weighted by molar-refractivity contribution is -0.126. The SMILES string of the molecule is CCCCCN(CC(O)C(Cc1ccccc1)NC(=O)CCC(=O)CC)Sc1ccc2ncsc2c1. The number of aliphatic hydroxyl groups is 1. The van der Waals surface area contributed by atoms with Crippen molar-refractivity contribution in [1.29, 1.82) is 0 Å². The second-order valence-electron chi connectivity index (χ2n) is 8.99. The Hall–Kier alpha value is -2.26. The van der Waals surface area contributed by atoms with Gasteiger partial charge < -0.3 is 10.4 Å². The van der Waals surface area contributed by atoms with Gasteiger partial charge in [0.1, 0.15) is 5.78 Å². The van der Waals surface area contributed by atoms with Crippen LogP contribution < -0.4 is 5.32 Å². The molecule has 0 aliphatic rings. The number of ketones is 1. The molecule has 0 radical (unpaired) electrons. The number of hydrogen-bond donors (Lipinski definition) is 2. The maximum absolute atomic E-state index is 12.7. The molecule has 0 fully saturated rings. The van der Waals surface area contributed by atoms with Crippen LogP contribution in [0.4, 0.5) is 0 Å². The van der Waals surface area contributed by atoms with Crippen LogP contribution in [0.5, 0.6) is 0 Å². The van der Waals surface area contributed by atoms with E-state index in [1.54, 1.807) is 30.2 Å².